The Morgan fingerprint density at radius 2 is 1.87 bits per heavy atom. The maximum atomic E-state index is 13.0. The Hall–Kier alpha value is -3.56. The molecule has 10 heteroatoms. The fourth-order valence-electron chi connectivity index (χ4n) is 3.47. The fraction of sp³-hybridized carbons (Fsp3) is 0.286. The van der Waals surface area contributed by atoms with Gasteiger partial charge in [-0.15, -0.1) is 0 Å². The molecule has 4 rings (SSSR count). The van der Waals surface area contributed by atoms with Gasteiger partial charge in [-0.05, 0) is 36.4 Å². The molecule has 0 aliphatic carbocycles. The van der Waals surface area contributed by atoms with Crippen LogP contribution in [0.15, 0.2) is 47.0 Å². The van der Waals surface area contributed by atoms with E-state index in [4.69, 9.17) is 14.0 Å². The summed E-state index contributed by atoms with van der Waals surface area (Å²) in [5.41, 5.74) is -0.0158. The van der Waals surface area contributed by atoms with Gasteiger partial charge in [0.05, 0.1) is 19.8 Å². The number of anilines is 1. The molecule has 2 aromatic carbocycles. The number of carbonyl (C=O) groups is 1. The van der Waals surface area contributed by atoms with Gasteiger partial charge in [-0.1, -0.05) is 11.2 Å². The summed E-state index contributed by atoms with van der Waals surface area (Å²) < 4.78 is 54.8. The second-order valence-corrected chi connectivity index (χ2v) is 6.98. The first-order valence-corrected chi connectivity index (χ1v) is 9.33. The Morgan fingerprint density at radius 1 is 1.10 bits per heavy atom. The fourth-order valence-corrected chi connectivity index (χ4v) is 3.47. The summed E-state index contributed by atoms with van der Waals surface area (Å²) >= 11 is 0. The molecule has 1 atom stereocenters. The molecule has 1 aliphatic rings. The number of methoxy groups -OCH3 is 2. The van der Waals surface area contributed by atoms with Gasteiger partial charge in [-0.3, -0.25) is 4.79 Å². The van der Waals surface area contributed by atoms with E-state index >= 15 is 0 Å². The summed E-state index contributed by atoms with van der Waals surface area (Å²) in [6, 6.07) is 9.80. The van der Waals surface area contributed by atoms with E-state index in [1.807, 2.05) is 0 Å². The van der Waals surface area contributed by atoms with E-state index in [1.165, 1.54) is 31.3 Å². The number of benzene rings is 2. The summed E-state index contributed by atoms with van der Waals surface area (Å²) in [4.78, 5) is 18.2. The molecule has 0 radical (unpaired) electrons. The molecule has 0 spiro atoms. The smallest absolute Gasteiger partial charge is 0.416 e. The molecule has 3 aromatic rings. The lowest BCUT2D eigenvalue weighted by atomic mass is 10.1. The topological polar surface area (TPSA) is 77.7 Å². The number of hydrogen-bond donors (Lipinski definition) is 0. The molecular formula is C21H18F3N3O4. The zero-order valence-corrected chi connectivity index (χ0v) is 16.6. The molecule has 0 bridgehead atoms. The lowest BCUT2D eigenvalue weighted by Crippen LogP contribution is -2.24. The zero-order valence-electron chi connectivity index (χ0n) is 16.6. The molecule has 1 amide bonds. The number of alkyl halides is 3. The van der Waals surface area contributed by atoms with Crippen molar-refractivity contribution >= 4 is 11.6 Å². The molecule has 7 nitrogen and oxygen atoms in total. The summed E-state index contributed by atoms with van der Waals surface area (Å²) in [5, 5.41) is 3.97. The quantitative estimate of drug-likeness (QED) is 0.597. The average Bonchev–Trinajstić information content (AvgIpc) is 3.39. The lowest BCUT2D eigenvalue weighted by Gasteiger charge is -2.18. The highest BCUT2D eigenvalue weighted by Gasteiger charge is 2.36. The van der Waals surface area contributed by atoms with Gasteiger partial charge >= 0.3 is 6.18 Å². The molecule has 162 valence electrons. The van der Waals surface area contributed by atoms with Gasteiger partial charge in [0.1, 0.15) is 0 Å². The Kier molecular flexibility index (Phi) is 5.30. The highest BCUT2D eigenvalue weighted by Crippen LogP contribution is 2.36. The Balaban J connectivity index is 1.55. The number of rotatable bonds is 5. The predicted octanol–water partition coefficient (Wildman–Crippen LogP) is 4.29. The molecule has 2 heterocycles. The number of hydrogen-bond acceptors (Lipinski definition) is 6. The van der Waals surface area contributed by atoms with E-state index in [2.05, 4.69) is 10.1 Å². The molecule has 1 saturated heterocycles. The Bertz CT molecular complexity index is 1110. The van der Waals surface area contributed by atoms with Crippen LogP contribution >= 0.6 is 0 Å². The number of nitrogens with zero attached hydrogens (tertiary/aromatic N) is 3. The Labute approximate surface area is 175 Å². The first-order valence-electron chi connectivity index (χ1n) is 9.33. The minimum absolute atomic E-state index is 0.0706. The van der Waals surface area contributed by atoms with Crippen LogP contribution < -0.4 is 14.4 Å². The van der Waals surface area contributed by atoms with Gasteiger partial charge < -0.3 is 18.9 Å². The number of halogens is 3. The summed E-state index contributed by atoms with van der Waals surface area (Å²) in [7, 11) is 3.03. The van der Waals surface area contributed by atoms with Gasteiger partial charge in [-0.2, -0.15) is 18.2 Å². The molecular weight excluding hydrogens is 415 g/mol. The molecule has 0 N–H and O–H groups in total. The van der Waals surface area contributed by atoms with Crippen LogP contribution in [-0.4, -0.2) is 36.8 Å². The van der Waals surface area contributed by atoms with Crippen molar-refractivity contribution < 1.29 is 32.0 Å². The van der Waals surface area contributed by atoms with E-state index in [1.54, 1.807) is 18.2 Å². The van der Waals surface area contributed by atoms with Crippen LogP contribution in [0.4, 0.5) is 18.9 Å². The monoisotopic (exact) mass is 433 g/mol. The third-order valence-corrected chi connectivity index (χ3v) is 5.05. The van der Waals surface area contributed by atoms with E-state index in [9.17, 15) is 18.0 Å². The van der Waals surface area contributed by atoms with Gasteiger partial charge in [-0.25, -0.2) is 0 Å². The van der Waals surface area contributed by atoms with Gasteiger partial charge in [0.25, 0.3) is 5.89 Å². The van der Waals surface area contributed by atoms with Crippen LogP contribution in [0.3, 0.4) is 0 Å². The summed E-state index contributed by atoms with van der Waals surface area (Å²) in [5.74, 6) is 0.880. The second-order valence-electron chi connectivity index (χ2n) is 6.98. The first kappa shape index (κ1) is 20.7. The van der Waals surface area contributed by atoms with Crippen molar-refractivity contribution in [3.63, 3.8) is 0 Å². The molecule has 1 aromatic heterocycles. The van der Waals surface area contributed by atoms with Crippen molar-refractivity contribution in [2.45, 2.75) is 18.5 Å². The Morgan fingerprint density at radius 3 is 2.58 bits per heavy atom. The summed E-state index contributed by atoms with van der Waals surface area (Å²) in [6.07, 6.45) is -4.42. The SMILES string of the molecule is COc1ccc(-c2nc(C3CC(=O)N(c4cccc(C(F)(F)F)c4)C3)no2)cc1OC. The highest BCUT2D eigenvalue weighted by atomic mass is 19.4. The van der Waals surface area contributed by atoms with Gasteiger partial charge in [0.2, 0.25) is 5.91 Å². The molecule has 1 fully saturated rings. The number of ether oxygens (including phenoxy) is 2. The van der Waals surface area contributed by atoms with E-state index < -0.39 is 17.7 Å². The number of amides is 1. The van der Waals surface area contributed by atoms with E-state index in [0.29, 0.717) is 22.9 Å². The number of aromatic nitrogens is 2. The lowest BCUT2D eigenvalue weighted by molar-refractivity contribution is -0.137. The van der Waals surface area contributed by atoms with Crippen molar-refractivity contribution in [2.24, 2.45) is 0 Å². The van der Waals surface area contributed by atoms with Crippen molar-refractivity contribution in [3.8, 4) is 23.0 Å². The minimum atomic E-state index is -4.49. The predicted molar refractivity (Wildman–Crippen MR) is 104 cm³/mol. The highest BCUT2D eigenvalue weighted by molar-refractivity contribution is 5.96. The van der Waals surface area contributed by atoms with Crippen LogP contribution in [0, 0.1) is 0 Å². The van der Waals surface area contributed by atoms with Gasteiger partial charge in [0.15, 0.2) is 17.3 Å². The van der Waals surface area contributed by atoms with Crippen LogP contribution in [0.25, 0.3) is 11.5 Å². The second kappa shape index (κ2) is 7.93. The van der Waals surface area contributed by atoms with Crippen molar-refractivity contribution in [3.05, 3.63) is 53.9 Å². The maximum absolute atomic E-state index is 13.0. The molecule has 1 aliphatic heterocycles. The third kappa shape index (κ3) is 4.05. The van der Waals surface area contributed by atoms with Crippen LogP contribution in [-0.2, 0) is 11.0 Å². The maximum Gasteiger partial charge on any atom is 0.416 e. The summed E-state index contributed by atoms with van der Waals surface area (Å²) in [6.45, 7) is 0.158. The molecule has 0 saturated carbocycles. The van der Waals surface area contributed by atoms with Gasteiger partial charge in [0, 0.05) is 30.1 Å². The minimum Gasteiger partial charge on any atom is -0.493 e. The third-order valence-electron chi connectivity index (χ3n) is 5.05. The van der Waals surface area contributed by atoms with Crippen LogP contribution in [0.1, 0.15) is 23.7 Å². The van der Waals surface area contributed by atoms with Crippen LogP contribution in [0.2, 0.25) is 0 Å². The largest absolute Gasteiger partial charge is 0.493 e. The number of carbonyl (C=O) groups excluding carboxylic acids is 1. The normalized spacial score (nSPS) is 16.6. The molecule has 31 heavy (non-hydrogen) atoms. The van der Waals surface area contributed by atoms with E-state index in [-0.39, 0.29) is 30.5 Å². The van der Waals surface area contributed by atoms with E-state index in [0.717, 1.165) is 12.1 Å². The zero-order chi connectivity index (χ0) is 22.2. The van der Waals surface area contributed by atoms with Crippen molar-refractivity contribution in [2.75, 3.05) is 25.7 Å². The standard InChI is InChI=1S/C21H18F3N3O4/c1-29-16-7-6-12(8-17(16)30-2)20-25-19(26-31-20)13-9-18(28)27(11-13)15-5-3-4-14(10-15)21(22,23)24/h3-8,10,13H,9,11H2,1-2H3. The van der Waals surface area contributed by atoms with Crippen molar-refractivity contribution in [1.82, 2.24) is 10.1 Å². The van der Waals surface area contributed by atoms with Crippen molar-refractivity contribution in [1.29, 1.82) is 0 Å². The van der Waals surface area contributed by atoms with Crippen LogP contribution in [0.5, 0.6) is 11.5 Å². The molecule has 1 unspecified atom stereocenters. The first-order chi connectivity index (χ1) is 14.8. The average molecular weight is 433 g/mol.